The molecule has 2 aliphatic rings. The average molecular weight is 340 g/mol. The third kappa shape index (κ3) is 5.07. The van der Waals surface area contributed by atoms with Gasteiger partial charge in [-0.2, -0.15) is 0 Å². The van der Waals surface area contributed by atoms with Gasteiger partial charge in [0.2, 0.25) is 5.91 Å². The molecule has 1 aromatic rings. The van der Waals surface area contributed by atoms with E-state index in [-0.39, 0.29) is 24.5 Å². The first-order valence-corrected chi connectivity index (χ1v) is 8.98. The number of amides is 2. The Kier molecular flexibility index (Phi) is 6.08. The first-order valence-electron chi connectivity index (χ1n) is 8.98. The third-order valence-corrected chi connectivity index (χ3v) is 4.61. The number of hydrogen-bond acceptors (Lipinski definition) is 3. The quantitative estimate of drug-likeness (QED) is 0.784. The van der Waals surface area contributed by atoms with Gasteiger partial charge in [0, 0.05) is 37.7 Å². The molecule has 2 fully saturated rings. The summed E-state index contributed by atoms with van der Waals surface area (Å²) in [6, 6.07) is 9.40. The number of ether oxygens (including phenoxy) is 1. The van der Waals surface area contributed by atoms with E-state index >= 15 is 0 Å². The first kappa shape index (κ1) is 17.5. The fourth-order valence-electron chi connectivity index (χ4n) is 3.21. The SMILES string of the molecule is O=C(C#Cc1ccccc1)N(CC(=O)N1CCCC1)C[C@@H]1CCCO1. The van der Waals surface area contributed by atoms with Crippen LogP contribution in [-0.2, 0) is 14.3 Å². The van der Waals surface area contributed by atoms with E-state index in [1.807, 2.05) is 35.2 Å². The summed E-state index contributed by atoms with van der Waals surface area (Å²) in [7, 11) is 0. The molecule has 1 atom stereocenters. The molecule has 0 aromatic heterocycles. The lowest BCUT2D eigenvalue weighted by Crippen LogP contribution is -2.44. The van der Waals surface area contributed by atoms with Crippen LogP contribution >= 0.6 is 0 Å². The molecule has 0 N–H and O–H groups in total. The molecule has 25 heavy (non-hydrogen) atoms. The van der Waals surface area contributed by atoms with Crippen LogP contribution in [0.2, 0.25) is 0 Å². The minimum absolute atomic E-state index is 0.00496. The Morgan fingerprint density at radius 1 is 1.16 bits per heavy atom. The van der Waals surface area contributed by atoms with Gasteiger partial charge in [0.15, 0.2) is 0 Å². The Morgan fingerprint density at radius 2 is 1.92 bits per heavy atom. The molecule has 0 unspecified atom stereocenters. The third-order valence-electron chi connectivity index (χ3n) is 4.61. The molecule has 0 radical (unpaired) electrons. The Bertz CT molecular complexity index is 651. The van der Waals surface area contributed by atoms with Gasteiger partial charge in [-0.3, -0.25) is 9.59 Å². The van der Waals surface area contributed by atoms with Crippen molar-refractivity contribution >= 4 is 11.8 Å². The van der Waals surface area contributed by atoms with Crippen molar-refractivity contribution in [3.05, 3.63) is 35.9 Å². The van der Waals surface area contributed by atoms with E-state index < -0.39 is 0 Å². The fourth-order valence-corrected chi connectivity index (χ4v) is 3.21. The smallest absolute Gasteiger partial charge is 0.299 e. The minimum Gasteiger partial charge on any atom is -0.376 e. The Labute approximate surface area is 148 Å². The molecular weight excluding hydrogens is 316 g/mol. The standard InChI is InChI=1S/C20H24N2O3/c23-19(11-10-17-7-2-1-3-8-17)22(15-18-9-6-14-25-18)16-20(24)21-12-4-5-13-21/h1-3,7-8,18H,4-6,9,12-16H2/t18-/m0/s1. The molecule has 3 rings (SSSR count). The molecule has 2 heterocycles. The Morgan fingerprint density at radius 3 is 2.60 bits per heavy atom. The van der Waals surface area contributed by atoms with Crippen LogP contribution in [0.3, 0.4) is 0 Å². The van der Waals surface area contributed by atoms with Crippen LogP contribution in [0, 0.1) is 11.8 Å². The van der Waals surface area contributed by atoms with Gasteiger partial charge in [-0.25, -0.2) is 0 Å². The predicted molar refractivity (Wildman–Crippen MR) is 94.7 cm³/mol. The summed E-state index contributed by atoms with van der Waals surface area (Å²) < 4.78 is 5.64. The van der Waals surface area contributed by atoms with Gasteiger partial charge in [0.05, 0.1) is 6.10 Å². The lowest BCUT2D eigenvalue weighted by molar-refractivity contribution is -0.138. The highest BCUT2D eigenvalue weighted by molar-refractivity contribution is 5.96. The maximum absolute atomic E-state index is 12.6. The monoisotopic (exact) mass is 340 g/mol. The van der Waals surface area contributed by atoms with Crippen molar-refractivity contribution in [2.75, 3.05) is 32.8 Å². The highest BCUT2D eigenvalue weighted by Gasteiger charge is 2.26. The average Bonchev–Trinajstić information content (AvgIpc) is 3.33. The van der Waals surface area contributed by atoms with E-state index in [1.165, 1.54) is 0 Å². The normalized spacial score (nSPS) is 19.4. The number of benzene rings is 1. The molecule has 2 saturated heterocycles. The van der Waals surface area contributed by atoms with Crippen molar-refractivity contribution in [2.24, 2.45) is 0 Å². The van der Waals surface area contributed by atoms with Gasteiger partial charge < -0.3 is 14.5 Å². The predicted octanol–water partition coefficient (Wildman–Crippen LogP) is 1.67. The van der Waals surface area contributed by atoms with Crippen molar-refractivity contribution in [1.82, 2.24) is 9.80 Å². The number of rotatable bonds is 4. The fraction of sp³-hybridized carbons (Fsp3) is 0.500. The molecule has 5 nitrogen and oxygen atoms in total. The van der Waals surface area contributed by atoms with Crippen molar-refractivity contribution < 1.29 is 14.3 Å². The molecule has 132 valence electrons. The van der Waals surface area contributed by atoms with Crippen molar-refractivity contribution in [2.45, 2.75) is 31.8 Å². The Hall–Kier alpha value is -2.32. The topological polar surface area (TPSA) is 49.9 Å². The second-order valence-electron chi connectivity index (χ2n) is 6.52. The number of nitrogens with zero attached hydrogens (tertiary/aromatic N) is 2. The van der Waals surface area contributed by atoms with Crippen LogP contribution in [0.15, 0.2) is 30.3 Å². The van der Waals surface area contributed by atoms with Gasteiger partial charge in [-0.15, -0.1) is 0 Å². The van der Waals surface area contributed by atoms with E-state index in [9.17, 15) is 9.59 Å². The largest absolute Gasteiger partial charge is 0.376 e. The van der Waals surface area contributed by atoms with E-state index in [2.05, 4.69) is 11.8 Å². The molecule has 0 aliphatic carbocycles. The molecular formula is C20H24N2O3. The van der Waals surface area contributed by atoms with Crippen molar-refractivity contribution in [1.29, 1.82) is 0 Å². The molecule has 5 heteroatoms. The van der Waals surface area contributed by atoms with Crippen LogP contribution < -0.4 is 0 Å². The highest BCUT2D eigenvalue weighted by Crippen LogP contribution is 2.14. The van der Waals surface area contributed by atoms with Crippen LogP contribution in [0.25, 0.3) is 0 Å². The maximum Gasteiger partial charge on any atom is 0.299 e. The maximum atomic E-state index is 12.6. The van der Waals surface area contributed by atoms with Crippen molar-refractivity contribution in [3.8, 4) is 11.8 Å². The zero-order valence-corrected chi connectivity index (χ0v) is 14.4. The summed E-state index contributed by atoms with van der Waals surface area (Å²) in [4.78, 5) is 28.4. The minimum atomic E-state index is -0.313. The van der Waals surface area contributed by atoms with Crippen molar-refractivity contribution in [3.63, 3.8) is 0 Å². The zero-order chi connectivity index (χ0) is 17.5. The molecule has 0 bridgehead atoms. The highest BCUT2D eigenvalue weighted by atomic mass is 16.5. The zero-order valence-electron chi connectivity index (χ0n) is 14.4. The summed E-state index contributed by atoms with van der Waals surface area (Å²) >= 11 is 0. The van der Waals surface area contributed by atoms with Gasteiger partial charge in [-0.1, -0.05) is 24.1 Å². The van der Waals surface area contributed by atoms with Crippen LogP contribution in [0.4, 0.5) is 0 Å². The van der Waals surface area contributed by atoms with Crippen LogP contribution in [0.1, 0.15) is 31.2 Å². The molecule has 1 aromatic carbocycles. The first-order chi connectivity index (χ1) is 12.2. The lowest BCUT2D eigenvalue weighted by Gasteiger charge is -2.25. The number of hydrogen-bond donors (Lipinski definition) is 0. The summed E-state index contributed by atoms with van der Waals surface area (Å²) in [5.74, 6) is 5.26. The molecule has 0 saturated carbocycles. The van der Waals surface area contributed by atoms with Crippen LogP contribution in [-0.4, -0.2) is 60.5 Å². The summed E-state index contributed by atoms with van der Waals surface area (Å²) in [5, 5.41) is 0. The lowest BCUT2D eigenvalue weighted by atomic mass is 10.2. The second kappa shape index (κ2) is 8.68. The van der Waals surface area contributed by atoms with Gasteiger partial charge in [-0.05, 0) is 37.8 Å². The van der Waals surface area contributed by atoms with Gasteiger partial charge in [0.25, 0.3) is 5.91 Å². The molecule has 2 amide bonds. The Balaban J connectivity index is 1.67. The summed E-state index contributed by atoms with van der Waals surface area (Å²) in [6.07, 6.45) is 4.02. The number of likely N-dealkylation sites (tertiary alicyclic amines) is 1. The number of carbonyl (C=O) groups is 2. The van der Waals surface area contributed by atoms with E-state index in [1.54, 1.807) is 4.90 Å². The van der Waals surface area contributed by atoms with E-state index in [0.29, 0.717) is 6.54 Å². The molecule has 0 spiro atoms. The van der Waals surface area contributed by atoms with E-state index in [0.717, 1.165) is 50.9 Å². The summed E-state index contributed by atoms with van der Waals surface area (Å²) in [6.45, 7) is 2.82. The second-order valence-corrected chi connectivity index (χ2v) is 6.52. The van der Waals surface area contributed by atoms with Gasteiger partial charge >= 0.3 is 0 Å². The van der Waals surface area contributed by atoms with Gasteiger partial charge in [0.1, 0.15) is 6.54 Å². The summed E-state index contributed by atoms with van der Waals surface area (Å²) in [5.41, 5.74) is 0.791. The molecule has 2 aliphatic heterocycles. The van der Waals surface area contributed by atoms with E-state index in [4.69, 9.17) is 4.74 Å². The van der Waals surface area contributed by atoms with Crippen LogP contribution in [0.5, 0.6) is 0 Å². The number of carbonyl (C=O) groups excluding carboxylic acids is 2.